The molecule has 0 bridgehead atoms. The predicted octanol–water partition coefficient (Wildman–Crippen LogP) is -0.234. The highest BCUT2D eigenvalue weighted by atomic mass is 16.6. The highest BCUT2D eigenvalue weighted by Gasteiger charge is 2.32. The Morgan fingerprint density at radius 3 is 2.33 bits per heavy atom. The van der Waals surface area contributed by atoms with E-state index in [1.54, 1.807) is 0 Å². The van der Waals surface area contributed by atoms with Gasteiger partial charge in [-0.3, -0.25) is 0 Å². The third-order valence-corrected chi connectivity index (χ3v) is 1.02. The van der Waals surface area contributed by atoms with E-state index in [1.165, 1.54) is 0 Å². The molecule has 2 atom stereocenters. The van der Waals surface area contributed by atoms with E-state index in [4.69, 9.17) is 9.84 Å². The highest BCUT2D eigenvalue weighted by Crippen LogP contribution is 2.18. The normalized spacial score (nSPS) is 43.0. The third-order valence-electron chi connectivity index (χ3n) is 1.02. The fourth-order valence-corrected chi connectivity index (χ4v) is 0.422. The molecule has 6 heavy (non-hydrogen) atoms. The Labute approximate surface area is 36.7 Å². The second kappa shape index (κ2) is 1.21. The van der Waals surface area contributed by atoms with E-state index >= 15 is 0 Å². The van der Waals surface area contributed by atoms with E-state index in [0.717, 1.165) is 0 Å². The molecular formula is C4H8O2. The number of epoxide rings is 1. The van der Waals surface area contributed by atoms with E-state index in [2.05, 4.69) is 0 Å². The Morgan fingerprint density at radius 1 is 1.83 bits per heavy atom. The molecule has 36 valence electrons. The van der Waals surface area contributed by atoms with Crippen LogP contribution >= 0.6 is 0 Å². The van der Waals surface area contributed by atoms with Gasteiger partial charge < -0.3 is 9.84 Å². The van der Waals surface area contributed by atoms with E-state index in [-0.39, 0.29) is 12.7 Å². The van der Waals surface area contributed by atoms with Crippen LogP contribution < -0.4 is 0 Å². The number of aliphatic hydroxyl groups is 1. The fraction of sp³-hybridized carbons (Fsp3) is 1.00. The maximum atomic E-state index is 8.25. The topological polar surface area (TPSA) is 32.8 Å². The number of hydrogen-bond acceptors (Lipinski definition) is 2. The van der Waals surface area contributed by atoms with Crippen LogP contribution in [0.1, 0.15) is 6.92 Å². The van der Waals surface area contributed by atoms with Gasteiger partial charge in [-0.15, -0.1) is 0 Å². The van der Waals surface area contributed by atoms with Crippen LogP contribution in [0.3, 0.4) is 0 Å². The smallest absolute Gasteiger partial charge is 0.107 e. The lowest BCUT2D eigenvalue weighted by Crippen LogP contribution is -1.93. The molecule has 1 aliphatic rings. The summed E-state index contributed by atoms with van der Waals surface area (Å²) in [5.74, 6) is 0. The summed E-state index contributed by atoms with van der Waals surface area (Å²) in [5, 5.41) is 8.25. The third kappa shape index (κ3) is 0.533. The van der Waals surface area contributed by atoms with Gasteiger partial charge in [-0.05, 0) is 6.92 Å². The zero-order valence-electron chi connectivity index (χ0n) is 3.72. The van der Waals surface area contributed by atoms with Crippen molar-refractivity contribution in [3.05, 3.63) is 0 Å². The standard InChI is InChI=1S/C4H8O2/c1-3-4(2-5)6-3/h3-5H,2H2,1H3/t3?,4-/m1/s1. The van der Waals surface area contributed by atoms with E-state index in [0.29, 0.717) is 6.10 Å². The summed E-state index contributed by atoms with van der Waals surface area (Å²) in [6, 6.07) is 0. The van der Waals surface area contributed by atoms with Crippen LogP contribution in [0.5, 0.6) is 0 Å². The number of ether oxygens (including phenoxy) is 1. The van der Waals surface area contributed by atoms with Crippen molar-refractivity contribution in [3.8, 4) is 0 Å². The number of hydrogen-bond donors (Lipinski definition) is 1. The average Bonchev–Trinajstić information content (AvgIpc) is 2.19. The Morgan fingerprint density at radius 2 is 2.33 bits per heavy atom. The second-order valence-electron chi connectivity index (χ2n) is 1.56. The summed E-state index contributed by atoms with van der Waals surface area (Å²) >= 11 is 0. The predicted molar refractivity (Wildman–Crippen MR) is 21.4 cm³/mol. The largest absolute Gasteiger partial charge is 0.394 e. The first-order chi connectivity index (χ1) is 2.84. The van der Waals surface area contributed by atoms with Crippen LogP contribution in [0.15, 0.2) is 0 Å². The van der Waals surface area contributed by atoms with Crippen molar-refractivity contribution in [1.29, 1.82) is 0 Å². The van der Waals surface area contributed by atoms with Crippen LogP contribution in [0.2, 0.25) is 0 Å². The molecule has 0 saturated carbocycles. The SMILES string of the molecule is CC1O[C@@H]1CO. The molecule has 1 saturated heterocycles. The van der Waals surface area contributed by atoms with Gasteiger partial charge in [0.05, 0.1) is 12.7 Å². The molecule has 1 rings (SSSR count). The van der Waals surface area contributed by atoms with Crippen molar-refractivity contribution in [3.63, 3.8) is 0 Å². The van der Waals surface area contributed by atoms with Gasteiger partial charge in [0.1, 0.15) is 6.10 Å². The molecule has 0 aromatic rings. The molecule has 0 amide bonds. The highest BCUT2D eigenvalue weighted by molar-refractivity contribution is 4.78. The minimum Gasteiger partial charge on any atom is -0.394 e. The zero-order chi connectivity index (χ0) is 4.57. The molecule has 1 fully saturated rings. The van der Waals surface area contributed by atoms with Gasteiger partial charge in [0, 0.05) is 0 Å². The van der Waals surface area contributed by atoms with Crippen LogP contribution in [0.4, 0.5) is 0 Å². The Balaban J connectivity index is 2.09. The lowest BCUT2D eigenvalue weighted by Gasteiger charge is -1.73. The van der Waals surface area contributed by atoms with Crippen molar-refractivity contribution in [2.45, 2.75) is 19.1 Å². The van der Waals surface area contributed by atoms with E-state index < -0.39 is 0 Å². The molecule has 0 aliphatic carbocycles. The molecule has 2 nitrogen and oxygen atoms in total. The molecular weight excluding hydrogens is 80.0 g/mol. The fourth-order valence-electron chi connectivity index (χ4n) is 0.422. The molecule has 2 heteroatoms. The molecule has 0 aromatic carbocycles. The van der Waals surface area contributed by atoms with Crippen molar-refractivity contribution >= 4 is 0 Å². The quantitative estimate of drug-likeness (QED) is 0.449. The molecule has 1 unspecified atom stereocenters. The Bertz CT molecular complexity index is 51.5. The van der Waals surface area contributed by atoms with Gasteiger partial charge in [0.2, 0.25) is 0 Å². The van der Waals surface area contributed by atoms with Gasteiger partial charge in [-0.25, -0.2) is 0 Å². The average molecular weight is 88.1 g/mol. The molecule has 1 aliphatic heterocycles. The summed E-state index contributed by atoms with van der Waals surface area (Å²) in [7, 11) is 0. The summed E-state index contributed by atoms with van der Waals surface area (Å²) in [5.41, 5.74) is 0. The molecule has 0 radical (unpaired) electrons. The maximum absolute atomic E-state index is 8.25. The van der Waals surface area contributed by atoms with Gasteiger partial charge in [-0.1, -0.05) is 0 Å². The maximum Gasteiger partial charge on any atom is 0.107 e. The minimum absolute atomic E-state index is 0.157. The molecule has 0 spiro atoms. The monoisotopic (exact) mass is 88.1 g/mol. The minimum atomic E-state index is 0.157. The first kappa shape index (κ1) is 4.09. The molecule has 1 N–H and O–H groups in total. The zero-order valence-corrected chi connectivity index (χ0v) is 3.72. The van der Waals surface area contributed by atoms with Crippen molar-refractivity contribution in [1.82, 2.24) is 0 Å². The van der Waals surface area contributed by atoms with Crippen LogP contribution in [-0.4, -0.2) is 23.9 Å². The Kier molecular flexibility index (Phi) is 0.821. The van der Waals surface area contributed by atoms with Crippen LogP contribution in [0, 0.1) is 0 Å². The van der Waals surface area contributed by atoms with Crippen molar-refractivity contribution in [2.75, 3.05) is 6.61 Å². The van der Waals surface area contributed by atoms with Gasteiger partial charge in [0.25, 0.3) is 0 Å². The summed E-state index contributed by atoms with van der Waals surface area (Å²) < 4.78 is 4.82. The van der Waals surface area contributed by atoms with Crippen molar-refractivity contribution in [2.24, 2.45) is 0 Å². The molecule has 0 aromatic heterocycles. The first-order valence-corrected chi connectivity index (χ1v) is 2.11. The summed E-state index contributed by atoms with van der Waals surface area (Å²) in [6.45, 7) is 2.13. The lowest BCUT2D eigenvalue weighted by atomic mass is 10.4. The van der Waals surface area contributed by atoms with Crippen molar-refractivity contribution < 1.29 is 9.84 Å². The summed E-state index contributed by atoms with van der Waals surface area (Å²) in [4.78, 5) is 0. The van der Waals surface area contributed by atoms with E-state index in [9.17, 15) is 0 Å². The molecule has 1 heterocycles. The Hall–Kier alpha value is -0.0800. The number of rotatable bonds is 1. The summed E-state index contributed by atoms with van der Waals surface area (Å²) in [6.07, 6.45) is 0.472. The van der Waals surface area contributed by atoms with Gasteiger partial charge in [0.15, 0.2) is 0 Å². The lowest BCUT2D eigenvalue weighted by molar-refractivity contribution is 0.242. The van der Waals surface area contributed by atoms with E-state index in [1.807, 2.05) is 6.92 Å². The van der Waals surface area contributed by atoms with Gasteiger partial charge >= 0.3 is 0 Å². The van der Waals surface area contributed by atoms with Crippen LogP contribution in [-0.2, 0) is 4.74 Å². The van der Waals surface area contributed by atoms with Crippen LogP contribution in [0.25, 0.3) is 0 Å². The first-order valence-electron chi connectivity index (χ1n) is 2.11. The number of aliphatic hydroxyl groups excluding tert-OH is 1. The second-order valence-corrected chi connectivity index (χ2v) is 1.56. The van der Waals surface area contributed by atoms with Gasteiger partial charge in [-0.2, -0.15) is 0 Å².